The number of hydrogen-bond donors (Lipinski definition) is 0. The van der Waals surface area contributed by atoms with Crippen LogP contribution in [0.25, 0.3) is 5.69 Å². The van der Waals surface area contributed by atoms with Crippen LogP contribution < -0.4 is 10.3 Å². The zero-order chi connectivity index (χ0) is 17.1. The van der Waals surface area contributed by atoms with E-state index in [4.69, 9.17) is 4.74 Å². The van der Waals surface area contributed by atoms with Gasteiger partial charge in [-0.2, -0.15) is 0 Å². The molecule has 0 aliphatic heterocycles. The number of nitrogens with zero attached hydrogens (tertiary/aromatic N) is 2. The Morgan fingerprint density at radius 1 is 1.08 bits per heavy atom. The molecule has 0 saturated heterocycles. The maximum absolute atomic E-state index is 12.6. The number of aromatic nitrogens is 2. The Balaban J connectivity index is 1.86. The van der Waals surface area contributed by atoms with E-state index in [9.17, 15) is 4.79 Å². The Bertz CT molecular complexity index is 929. The van der Waals surface area contributed by atoms with Crippen LogP contribution in [0.5, 0.6) is 5.75 Å². The average molecular weight is 320 g/mol. The summed E-state index contributed by atoms with van der Waals surface area (Å²) in [5.41, 5.74) is 4.47. The Hall–Kier alpha value is -2.88. The molecule has 0 N–H and O–H groups in total. The maximum atomic E-state index is 12.6. The van der Waals surface area contributed by atoms with E-state index in [2.05, 4.69) is 11.1 Å². The number of benzene rings is 1. The van der Waals surface area contributed by atoms with Crippen molar-refractivity contribution >= 4 is 0 Å². The van der Waals surface area contributed by atoms with Crippen molar-refractivity contribution in [1.29, 1.82) is 0 Å². The second-order valence-corrected chi connectivity index (χ2v) is 5.91. The molecule has 1 aromatic carbocycles. The van der Waals surface area contributed by atoms with Gasteiger partial charge in [0.25, 0.3) is 5.56 Å². The lowest BCUT2D eigenvalue weighted by molar-refractivity contribution is 0.303. The normalized spacial score (nSPS) is 10.6. The average Bonchev–Trinajstić information content (AvgIpc) is 2.56. The second kappa shape index (κ2) is 6.71. The number of pyridine rings is 2. The van der Waals surface area contributed by atoms with Crippen LogP contribution in [-0.4, -0.2) is 9.55 Å². The molecular weight excluding hydrogens is 300 g/mol. The largest absolute Gasteiger partial charge is 0.488 e. The zero-order valence-corrected chi connectivity index (χ0v) is 14.1. The monoisotopic (exact) mass is 320 g/mol. The number of aryl methyl sites for hydroxylation is 2. The molecule has 0 amide bonds. The Morgan fingerprint density at radius 3 is 2.67 bits per heavy atom. The summed E-state index contributed by atoms with van der Waals surface area (Å²) in [5.74, 6) is 0.614. The molecule has 2 aromatic heterocycles. The van der Waals surface area contributed by atoms with E-state index in [0.717, 1.165) is 16.9 Å². The topological polar surface area (TPSA) is 44.1 Å². The summed E-state index contributed by atoms with van der Waals surface area (Å²) in [6.07, 6.45) is 3.45. The Kier molecular flexibility index (Phi) is 4.47. The Morgan fingerprint density at radius 2 is 1.92 bits per heavy atom. The number of ether oxygens (including phenoxy) is 1. The third-order valence-corrected chi connectivity index (χ3v) is 3.92. The molecule has 2 heterocycles. The summed E-state index contributed by atoms with van der Waals surface area (Å²) in [5, 5.41) is 0. The van der Waals surface area contributed by atoms with E-state index in [1.807, 2.05) is 50.2 Å². The molecule has 0 saturated carbocycles. The fourth-order valence-corrected chi connectivity index (χ4v) is 2.62. The van der Waals surface area contributed by atoms with Gasteiger partial charge < -0.3 is 4.74 Å². The van der Waals surface area contributed by atoms with Gasteiger partial charge in [-0.3, -0.25) is 14.3 Å². The fraction of sp³-hybridized carbons (Fsp3) is 0.200. The molecule has 3 rings (SSSR count). The summed E-state index contributed by atoms with van der Waals surface area (Å²) >= 11 is 0. The van der Waals surface area contributed by atoms with Crippen molar-refractivity contribution in [2.24, 2.45) is 0 Å². The standard InChI is InChI=1S/C20H20N2O2/c1-14-5-4-6-17(11-14)13-24-19-8-10-22(20(23)16(19)3)18-7-9-21-15(2)12-18/h4-12H,13H2,1-3H3. The van der Waals surface area contributed by atoms with Gasteiger partial charge >= 0.3 is 0 Å². The van der Waals surface area contributed by atoms with Gasteiger partial charge in [-0.25, -0.2) is 0 Å². The van der Waals surface area contributed by atoms with Crippen LogP contribution in [0.15, 0.2) is 59.7 Å². The molecule has 0 bridgehead atoms. The minimum atomic E-state index is -0.0812. The van der Waals surface area contributed by atoms with Gasteiger partial charge in [-0.1, -0.05) is 29.8 Å². The third kappa shape index (κ3) is 3.38. The molecule has 4 heteroatoms. The van der Waals surface area contributed by atoms with E-state index < -0.39 is 0 Å². The predicted octanol–water partition coefficient (Wildman–Crippen LogP) is 3.74. The Labute approximate surface area is 141 Å². The van der Waals surface area contributed by atoms with Gasteiger partial charge in [0.05, 0.1) is 11.3 Å². The zero-order valence-electron chi connectivity index (χ0n) is 14.1. The first-order valence-corrected chi connectivity index (χ1v) is 7.88. The molecule has 122 valence electrons. The van der Waals surface area contributed by atoms with E-state index in [1.165, 1.54) is 5.56 Å². The van der Waals surface area contributed by atoms with E-state index in [0.29, 0.717) is 17.9 Å². The van der Waals surface area contributed by atoms with Gasteiger partial charge in [0, 0.05) is 18.1 Å². The molecular formula is C20H20N2O2. The highest BCUT2D eigenvalue weighted by atomic mass is 16.5. The summed E-state index contributed by atoms with van der Waals surface area (Å²) in [4.78, 5) is 16.8. The number of rotatable bonds is 4. The van der Waals surface area contributed by atoms with Crippen molar-refractivity contribution in [1.82, 2.24) is 9.55 Å². The second-order valence-electron chi connectivity index (χ2n) is 5.91. The highest BCUT2D eigenvalue weighted by molar-refractivity contribution is 5.37. The first-order valence-electron chi connectivity index (χ1n) is 7.88. The molecule has 4 nitrogen and oxygen atoms in total. The van der Waals surface area contributed by atoms with Crippen LogP contribution in [0.1, 0.15) is 22.4 Å². The minimum absolute atomic E-state index is 0.0812. The van der Waals surface area contributed by atoms with E-state index in [1.54, 1.807) is 23.9 Å². The summed E-state index contributed by atoms with van der Waals surface area (Å²) in [6.45, 7) is 6.19. The molecule has 0 unspecified atom stereocenters. The molecule has 0 fully saturated rings. The molecule has 0 aliphatic carbocycles. The van der Waals surface area contributed by atoms with Crippen LogP contribution in [0.3, 0.4) is 0 Å². The van der Waals surface area contributed by atoms with Crippen molar-refractivity contribution in [2.45, 2.75) is 27.4 Å². The third-order valence-electron chi connectivity index (χ3n) is 3.92. The van der Waals surface area contributed by atoms with Gasteiger partial charge in [-0.05, 0) is 44.5 Å². The van der Waals surface area contributed by atoms with Crippen LogP contribution in [0.2, 0.25) is 0 Å². The highest BCUT2D eigenvalue weighted by Crippen LogP contribution is 2.17. The summed E-state index contributed by atoms with van der Waals surface area (Å²) in [6, 6.07) is 13.7. The summed E-state index contributed by atoms with van der Waals surface area (Å²) in [7, 11) is 0. The predicted molar refractivity (Wildman–Crippen MR) is 94.8 cm³/mol. The lowest BCUT2D eigenvalue weighted by atomic mass is 10.1. The lowest BCUT2D eigenvalue weighted by Crippen LogP contribution is -2.21. The van der Waals surface area contributed by atoms with Crippen LogP contribution in [-0.2, 0) is 6.61 Å². The van der Waals surface area contributed by atoms with Gasteiger partial charge in [-0.15, -0.1) is 0 Å². The fourth-order valence-electron chi connectivity index (χ4n) is 2.62. The SMILES string of the molecule is Cc1cccc(COc2ccn(-c3ccnc(C)c3)c(=O)c2C)c1. The van der Waals surface area contributed by atoms with Gasteiger partial charge in [0.1, 0.15) is 12.4 Å². The smallest absolute Gasteiger partial charge is 0.261 e. The van der Waals surface area contributed by atoms with Gasteiger partial charge in [0.2, 0.25) is 0 Å². The van der Waals surface area contributed by atoms with Crippen molar-refractivity contribution in [3.05, 3.63) is 87.6 Å². The molecule has 0 spiro atoms. The minimum Gasteiger partial charge on any atom is -0.488 e. The van der Waals surface area contributed by atoms with Crippen LogP contribution >= 0.6 is 0 Å². The molecule has 0 radical (unpaired) electrons. The molecule has 0 aliphatic rings. The van der Waals surface area contributed by atoms with Crippen molar-refractivity contribution in [3.8, 4) is 11.4 Å². The van der Waals surface area contributed by atoms with Crippen molar-refractivity contribution in [3.63, 3.8) is 0 Å². The quantitative estimate of drug-likeness (QED) is 0.735. The highest BCUT2D eigenvalue weighted by Gasteiger charge is 2.09. The van der Waals surface area contributed by atoms with Crippen LogP contribution in [0, 0.1) is 20.8 Å². The van der Waals surface area contributed by atoms with E-state index in [-0.39, 0.29) is 5.56 Å². The molecule has 24 heavy (non-hydrogen) atoms. The molecule has 3 aromatic rings. The maximum Gasteiger partial charge on any atom is 0.261 e. The van der Waals surface area contributed by atoms with Gasteiger partial charge in [0.15, 0.2) is 0 Å². The van der Waals surface area contributed by atoms with Crippen molar-refractivity contribution in [2.75, 3.05) is 0 Å². The summed E-state index contributed by atoms with van der Waals surface area (Å²) < 4.78 is 7.46. The lowest BCUT2D eigenvalue weighted by Gasteiger charge is -2.12. The van der Waals surface area contributed by atoms with Crippen LogP contribution in [0.4, 0.5) is 0 Å². The first kappa shape index (κ1) is 16.0. The first-order chi connectivity index (χ1) is 11.5. The molecule has 0 atom stereocenters. The number of hydrogen-bond acceptors (Lipinski definition) is 3. The van der Waals surface area contributed by atoms with E-state index >= 15 is 0 Å². The van der Waals surface area contributed by atoms with Crippen molar-refractivity contribution < 1.29 is 4.74 Å².